The molecular weight excluding hydrogens is 300 g/mol. The van der Waals surface area contributed by atoms with Gasteiger partial charge in [-0.1, -0.05) is 5.92 Å². The normalized spacial score (nSPS) is 17.8. The molecule has 6 nitrogen and oxygen atoms in total. The Balaban J connectivity index is 2.11. The van der Waals surface area contributed by atoms with E-state index in [2.05, 4.69) is 5.92 Å². The number of hydrogen-bond acceptors (Lipinski definition) is 5. The summed E-state index contributed by atoms with van der Waals surface area (Å²) in [5.41, 5.74) is 0. The fraction of sp³-hybridized carbons (Fsp3) is 0.417. The Hall–Kier alpha value is -1.40. The quantitative estimate of drug-likeness (QED) is 0.813. The van der Waals surface area contributed by atoms with Crippen molar-refractivity contribution in [1.82, 2.24) is 9.21 Å². The van der Waals surface area contributed by atoms with Crippen LogP contribution in [0.5, 0.6) is 0 Å². The Morgan fingerprint density at radius 1 is 1.40 bits per heavy atom. The zero-order valence-electron chi connectivity index (χ0n) is 10.7. The van der Waals surface area contributed by atoms with E-state index in [0.717, 1.165) is 11.3 Å². The third kappa shape index (κ3) is 3.02. The smallest absolute Gasteiger partial charge is 0.345 e. The first-order valence-electron chi connectivity index (χ1n) is 5.93. The molecule has 0 radical (unpaired) electrons. The number of nitrogens with zero attached hydrogens (tertiary/aromatic N) is 2. The molecule has 0 aromatic carbocycles. The van der Waals surface area contributed by atoms with E-state index in [-0.39, 0.29) is 9.77 Å². The molecule has 1 aliphatic rings. The predicted octanol–water partition coefficient (Wildman–Crippen LogP) is 0.386. The molecule has 0 spiro atoms. The van der Waals surface area contributed by atoms with Crippen molar-refractivity contribution in [3.8, 4) is 12.3 Å². The predicted molar refractivity (Wildman–Crippen MR) is 75.3 cm³/mol. The molecule has 1 aliphatic heterocycles. The first-order valence-corrected chi connectivity index (χ1v) is 8.25. The van der Waals surface area contributed by atoms with Gasteiger partial charge in [0.1, 0.15) is 4.88 Å². The van der Waals surface area contributed by atoms with E-state index < -0.39 is 16.0 Å². The number of rotatable bonds is 4. The van der Waals surface area contributed by atoms with Gasteiger partial charge in [-0.15, -0.1) is 17.8 Å². The molecule has 0 unspecified atom stereocenters. The number of sulfonamides is 1. The highest BCUT2D eigenvalue weighted by atomic mass is 32.2. The SMILES string of the molecule is C#CCN1CCN(S(=O)(=O)c2csc(C(=O)O)c2)CC1. The van der Waals surface area contributed by atoms with Crippen molar-refractivity contribution >= 4 is 27.3 Å². The molecule has 2 rings (SSSR count). The number of carbonyl (C=O) groups is 1. The summed E-state index contributed by atoms with van der Waals surface area (Å²) >= 11 is 0.915. The number of aromatic carboxylic acids is 1. The monoisotopic (exact) mass is 314 g/mol. The summed E-state index contributed by atoms with van der Waals surface area (Å²) < 4.78 is 26.1. The fourth-order valence-corrected chi connectivity index (χ4v) is 4.49. The average Bonchev–Trinajstić information content (AvgIpc) is 2.90. The van der Waals surface area contributed by atoms with E-state index in [1.165, 1.54) is 15.8 Å². The van der Waals surface area contributed by atoms with E-state index in [4.69, 9.17) is 11.5 Å². The number of hydrogen-bond donors (Lipinski definition) is 1. The van der Waals surface area contributed by atoms with Crippen LogP contribution in [0.3, 0.4) is 0 Å². The van der Waals surface area contributed by atoms with E-state index in [0.29, 0.717) is 32.7 Å². The van der Waals surface area contributed by atoms with E-state index >= 15 is 0 Å². The Bertz CT molecular complexity index is 637. The van der Waals surface area contributed by atoms with Crippen LogP contribution in [0.4, 0.5) is 0 Å². The van der Waals surface area contributed by atoms with Crippen LogP contribution in [0.2, 0.25) is 0 Å². The average molecular weight is 314 g/mol. The summed E-state index contributed by atoms with van der Waals surface area (Å²) in [4.78, 5) is 12.9. The third-order valence-corrected chi connectivity index (χ3v) is 6.01. The first-order chi connectivity index (χ1) is 9.45. The third-order valence-electron chi connectivity index (χ3n) is 3.07. The standard InChI is InChI=1S/C12H14N2O4S2/c1-2-3-13-4-6-14(7-5-13)20(17,18)10-8-11(12(15)16)19-9-10/h1,8-9H,3-7H2,(H,15,16). The summed E-state index contributed by atoms with van der Waals surface area (Å²) in [7, 11) is -3.61. The number of carboxylic acids is 1. The van der Waals surface area contributed by atoms with Crippen LogP contribution in [0.25, 0.3) is 0 Å². The molecule has 1 N–H and O–H groups in total. The molecule has 0 bridgehead atoms. The van der Waals surface area contributed by atoms with Gasteiger partial charge in [0.15, 0.2) is 0 Å². The summed E-state index contributed by atoms with van der Waals surface area (Å²) in [6.45, 7) is 2.40. The van der Waals surface area contributed by atoms with Gasteiger partial charge in [0.25, 0.3) is 0 Å². The van der Waals surface area contributed by atoms with Crippen LogP contribution in [-0.4, -0.2) is 61.4 Å². The van der Waals surface area contributed by atoms with Gasteiger partial charge in [0.2, 0.25) is 10.0 Å². The number of terminal acetylenes is 1. The summed E-state index contributed by atoms with van der Waals surface area (Å²) in [6, 6.07) is 1.20. The van der Waals surface area contributed by atoms with Crippen molar-refractivity contribution in [2.45, 2.75) is 4.90 Å². The Kier molecular flexibility index (Phi) is 4.45. The second-order valence-electron chi connectivity index (χ2n) is 4.34. The summed E-state index contributed by atoms with van der Waals surface area (Å²) in [5, 5.41) is 10.2. The molecule has 0 atom stereocenters. The molecule has 108 valence electrons. The van der Waals surface area contributed by atoms with Gasteiger partial charge in [-0.3, -0.25) is 4.90 Å². The molecule has 0 saturated carbocycles. The maximum Gasteiger partial charge on any atom is 0.345 e. The highest BCUT2D eigenvalue weighted by Crippen LogP contribution is 2.23. The fourth-order valence-electron chi connectivity index (χ4n) is 1.97. The number of carboxylic acid groups (broad SMARTS) is 1. The minimum atomic E-state index is -3.61. The van der Waals surface area contributed by atoms with Crippen LogP contribution in [-0.2, 0) is 10.0 Å². The Morgan fingerprint density at radius 3 is 2.55 bits per heavy atom. The van der Waals surface area contributed by atoms with Crippen molar-refractivity contribution in [3.63, 3.8) is 0 Å². The second kappa shape index (κ2) is 5.93. The lowest BCUT2D eigenvalue weighted by atomic mass is 10.4. The van der Waals surface area contributed by atoms with E-state index in [1.54, 1.807) is 0 Å². The highest BCUT2D eigenvalue weighted by molar-refractivity contribution is 7.89. The van der Waals surface area contributed by atoms with Crippen LogP contribution < -0.4 is 0 Å². The van der Waals surface area contributed by atoms with Gasteiger partial charge in [-0.25, -0.2) is 13.2 Å². The molecule has 0 aliphatic carbocycles. The van der Waals surface area contributed by atoms with E-state index in [9.17, 15) is 13.2 Å². The van der Waals surface area contributed by atoms with E-state index in [1.807, 2.05) is 4.90 Å². The van der Waals surface area contributed by atoms with Crippen molar-refractivity contribution in [3.05, 3.63) is 16.3 Å². The van der Waals surface area contributed by atoms with Crippen LogP contribution in [0, 0.1) is 12.3 Å². The van der Waals surface area contributed by atoms with Gasteiger partial charge < -0.3 is 5.11 Å². The van der Waals surface area contributed by atoms with Gasteiger partial charge in [-0.2, -0.15) is 4.31 Å². The second-order valence-corrected chi connectivity index (χ2v) is 7.19. The maximum atomic E-state index is 12.4. The minimum absolute atomic E-state index is 0.0227. The van der Waals surface area contributed by atoms with Gasteiger partial charge in [-0.05, 0) is 6.07 Å². The largest absolute Gasteiger partial charge is 0.477 e. The lowest BCUT2D eigenvalue weighted by molar-refractivity contribution is 0.0702. The van der Waals surface area contributed by atoms with Crippen molar-refractivity contribution in [2.75, 3.05) is 32.7 Å². The first kappa shape index (κ1) is 15.0. The summed E-state index contributed by atoms with van der Waals surface area (Å²) in [6.07, 6.45) is 5.22. The molecule has 1 aromatic rings. The van der Waals surface area contributed by atoms with Crippen molar-refractivity contribution in [1.29, 1.82) is 0 Å². The zero-order valence-corrected chi connectivity index (χ0v) is 12.3. The topological polar surface area (TPSA) is 77.9 Å². The minimum Gasteiger partial charge on any atom is -0.477 e. The van der Waals surface area contributed by atoms with Gasteiger partial charge in [0.05, 0.1) is 11.4 Å². The molecular formula is C12H14N2O4S2. The highest BCUT2D eigenvalue weighted by Gasteiger charge is 2.29. The Morgan fingerprint density at radius 2 is 2.05 bits per heavy atom. The Labute approximate surface area is 121 Å². The van der Waals surface area contributed by atoms with Gasteiger partial charge in [0, 0.05) is 31.6 Å². The van der Waals surface area contributed by atoms with Crippen molar-refractivity contribution in [2.24, 2.45) is 0 Å². The van der Waals surface area contributed by atoms with Crippen LogP contribution >= 0.6 is 11.3 Å². The molecule has 2 heterocycles. The molecule has 0 amide bonds. The lowest BCUT2D eigenvalue weighted by Gasteiger charge is -2.32. The summed E-state index contributed by atoms with van der Waals surface area (Å²) in [5.74, 6) is 1.42. The van der Waals surface area contributed by atoms with Crippen LogP contribution in [0.15, 0.2) is 16.3 Å². The maximum absolute atomic E-state index is 12.4. The number of piperazine rings is 1. The molecule has 1 fully saturated rings. The van der Waals surface area contributed by atoms with Gasteiger partial charge >= 0.3 is 5.97 Å². The van der Waals surface area contributed by atoms with Crippen LogP contribution in [0.1, 0.15) is 9.67 Å². The number of thiophene rings is 1. The zero-order chi connectivity index (χ0) is 14.8. The molecule has 1 saturated heterocycles. The lowest BCUT2D eigenvalue weighted by Crippen LogP contribution is -2.48. The molecule has 8 heteroatoms. The molecule has 1 aromatic heterocycles. The molecule has 20 heavy (non-hydrogen) atoms. The van der Waals surface area contributed by atoms with Crippen molar-refractivity contribution < 1.29 is 18.3 Å².